The monoisotopic (exact) mass is 224 g/mol. The second kappa shape index (κ2) is 4.67. The maximum Gasteiger partial charge on any atom is 0.354 e. The molecule has 1 aliphatic heterocycles. The first-order valence-electron chi connectivity index (χ1n) is 5.35. The first-order valence-corrected chi connectivity index (χ1v) is 5.35. The van der Waals surface area contributed by atoms with Crippen molar-refractivity contribution in [1.29, 1.82) is 0 Å². The number of carbonyl (C=O) groups is 1. The van der Waals surface area contributed by atoms with Gasteiger partial charge in [-0.3, -0.25) is 4.90 Å². The Hall–Kier alpha value is -1.33. The van der Waals surface area contributed by atoms with E-state index >= 15 is 0 Å². The van der Waals surface area contributed by atoms with Crippen LogP contribution in [0.2, 0.25) is 0 Å². The number of aliphatic hydroxyl groups excluding tert-OH is 1. The van der Waals surface area contributed by atoms with Gasteiger partial charge in [-0.15, -0.1) is 0 Å². The minimum absolute atomic E-state index is 0.213. The third kappa shape index (κ3) is 2.43. The Bertz CT molecular complexity index is 375. The van der Waals surface area contributed by atoms with E-state index in [0.717, 1.165) is 25.2 Å². The Labute approximate surface area is 94.0 Å². The van der Waals surface area contributed by atoms with Crippen LogP contribution < -0.4 is 0 Å². The summed E-state index contributed by atoms with van der Waals surface area (Å²) in [5.41, 5.74) is 1.44. The Kier molecular flexibility index (Phi) is 3.26. The first kappa shape index (κ1) is 11.2. The number of nitrogens with one attached hydrogen (secondary N) is 1. The van der Waals surface area contributed by atoms with Crippen LogP contribution in [0.1, 0.15) is 22.6 Å². The summed E-state index contributed by atoms with van der Waals surface area (Å²) in [6, 6.07) is 3.59. The number of hydrogen-bond donors (Lipinski definition) is 2. The molecule has 1 atom stereocenters. The fourth-order valence-corrected chi connectivity index (χ4v) is 1.96. The number of rotatable bonds is 3. The molecule has 5 nitrogen and oxygen atoms in total. The number of ether oxygens (including phenoxy) is 1. The average molecular weight is 224 g/mol. The number of likely N-dealkylation sites (tertiary alicyclic amines) is 1. The molecule has 1 saturated heterocycles. The molecule has 0 spiro atoms. The van der Waals surface area contributed by atoms with E-state index < -0.39 is 0 Å². The van der Waals surface area contributed by atoms with E-state index in [1.165, 1.54) is 7.11 Å². The average Bonchev–Trinajstić information content (AvgIpc) is 2.87. The van der Waals surface area contributed by atoms with Gasteiger partial charge in [0.2, 0.25) is 0 Å². The largest absolute Gasteiger partial charge is 0.464 e. The van der Waals surface area contributed by atoms with Crippen molar-refractivity contribution >= 4 is 5.97 Å². The number of carbonyl (C=O) groups excluding carboxylic acids is 1. The quantitative estimate of drug-likeness (QED) is 0.728. The van der Waals surface area contributed by atoms with Gasteiger partial charge in [0, 0.05) is 25.3 Å². The zero-order valence-corrected chi connectivity index (χ0v) is 9.27. The lowest BCUT2D eigenvalue weighted by Gasteiger charge is -2.13. The highest BCUT2D eigenvalue weighted by Crippen LogP contribution is 2.13. The zero-order chi connectivity index (χ0) is 11.5. The van der Waals surface area contributed by atoms with Crippen LogP contribution in [-0.2, 0) is 11.3 Å². The highest BCUT2D eigenvalue weighted by molar-refractivity contribution is 5.87. The Morgan fingerprint density at radius 1 is 1.69 bits per heavy atom. The van der Waals surface area contributed by atoms with Crippen LogP contribution >= 0.6 is 0 Å². The van der Waals surface area contributed by atoms with Crippen LogP contribution in [0, 0.1) is 0 Å². The van der Waals surface area contributed by atoms with Crippen molar-refractivity contribution in [3.05, 3.63) is 23.5 Å². The lowest BCUT2D eigenvalue weighted by Crippen LogP contribution is -2.21. The molecule has 1 aliphatic rings. The van der Waals surface area contributed by atoms with Crippen molar-refractivity contribution in [2.75, 3.05) is 20.2 Å². The van der Waals surface area contributed by atoms with Gasteiger partial charge in [-0.1, -0.05) is 0 Å². The number of aliphatic hydroxyl groups is 1. The third-order valence-corrected chi connectivity index (χ3v) is 2.79. The summed E-state index contributed by atoms with van der Waals surface area (Å²) in [6.07, 6.45) is 0.611. The molecular weight excluding hydrogens is 208 g/mol. The van der Waals surface area contributed by atoms with Crippen LogP contribution in [0.5, 0.6) is 0 Å². The summed E-state index contributed by atoms with van der Waals surface area (Å²) in [7, 11) is 1.36. The van der Waals surface area contributed by atoms with E-state index in [9.17, 15) is 9.90 Å². The van der Waals surface area contributed by atoms with Gasteiger partial charge in [0.05, 0.1) is 13.2 Å². The number of H-pyrrole nitrogens is 1. The van der Waals surface area contributed by atoms with Crippen molar-refractivity contribution in [2.24, 2.45) is 0 Å². The fourth-order valence-electron chi connectivity index (χ4n) is 1.96. The number of aromatic nitrogens is 1. The predicted molar refractivity (Wildman–Crippen MR) is 58.0 cm³/mol. The third-order valence-electron chi connectivity index (χ3n) is 2.79. The van der Waals surface area contributed by atoms with Gasteiger partial charge in [-0.05, 0) is 18.6 Å². The highest BCUT2D eigenvalue weighted by Gasteiger charge is 2.20. The zero-order valence-electron chi connectivity index (χ0n) is 9.27. The minimum atomic E-state index is -0.354. The molecule has 0 unspecified atom stereocenters. The van der Waals surface area contributed by atoms with E-state index in [4.69, 9.17) is 0 Å². The lowest BCUT2D eigenvalue weighted by atomic mass is 10.3. The number of methoxy groups -OCH3 is 1. The van der Waals surface area contributed by atoms with E-state index in [-0.39, 0.29) is 12.1 Å². The molecule has 5 heteroatoms. The molecular formula is C11H16N2O3. The number of β-amino-alcohol motifs (C(OH)–C–C–N with tert-alkyl or cyclic N) is 1. The van der Waals surface area contributed by atoms with E-state index in [1.807, 2.05) is 6.07 Å². The standard InChI is InChI=1S/C11H16N2O3/c1-16-11(15)10-3-2-8(12-10)6-13-5-4-9(14)7-13/h2-3,9,12,14H,4-7H2,1H3/t9-/m0/s1. The topological polar surface area (TPSA) is 65.6 Å². The number of aromatic amines is 1. The molecule has 0 amide bonds. The van der Waals surface area contributed by atoms with Gasteiger partial charge in [0.15, 0.2) is 0 Å². The van der Waals surface area contributed by atoms with Crippen LogP contribution in [0.25, 0.3) is 0 Å². The van der Waals surface area contributed by atoms with E-state index in [2.05, 4.69) is 14.6 Å². The second-order valence-electron chi connectivity index (χ2n) is 4.07. The van der Waals surface area contributed by atoms with Gasteiger partial charge >= 0.3 is 5.97 Å². The van der Waals surface area contributed by atoms with Crippen molar-refractivity contribution in [1.82, 2.24) is 9.88 Å². The van der Waals surface area contributed by atoms with Gasteiger partial charge < -0.3 is 14.8 Å². The lowest BCUT2D eigenvalue weighted by molar-refractivity contribution is 0.0594. The molecule has 1 fully saturated rings. The van der Waals surface area contributed by atoms with Crippen LogP contribution in [-0.4, -0.2) is 47.3 Å². The number of hydrogen-bond acceptors (Lipinski definition) is 4. The summed E-state index contributed by atoms with van der Waals surface area (Å²) >= 11 is 0. The summed E-state index contributed by atoms with van der Waals surface area (Å²) < 4.78 is 4.61. The molecule has 0 aromatic carbocycles. The molecule has 88 valence electrons. The predicted octanol–water partition coefficient (Wildman–Crippen LogP) is 0.368. The molecule has 0 aliphatic carbocycles. The summed E-state index contributed by atoms with van der Waals surface area (Å²) in [4.78, 5) is 16.4. The summed E-state index contributed by atoms with van der Waals surface area (Å²) in [5, 5.41) is 9.38. The normalized spacial score (nSPS) is 21.2. The van der Waals surface area contributed by atoms with Gasteiger partial charge in [-0.2, -0.15) is 0 Å². The molecule has 16 heavy (non-hydrogen) atoms. The maximum absolute atomic E-state index is 11.2. The SMILES string of the molecule is COC(=O)c1ccc(CN2CC[C@H](O)C2)[nH]1. The van der Waals surface area contributed by atoms with Crippen molar-refractivity contribution in [3.63, 3.8) is 0 Å². The Morgan fingerprint density at radius 3 is 3.12 bits per heavy atom. The van der Waals surface area contributed by atoms with Crippen molar-refractivity contribution in [3.8, 4) is 0 Å². The van der Waals surface area contributed by atoms with Gasteiger partial charge in [0.25, 0.3) is 0 Å². The van der Waals surface area contributed by atoms with Gasteiger partial charge in [0.1, 0.15) is 5.69 Å². The summed E-state index contributed by atoms with van der Waals surface area (Å²) in [6.45, 7) is 2.33. The second-order valence-corrected chi connectivity index (χ2v) is 4.07. The first-order chi connectivity index (χ1) is 7.69. The molecule has 0 saturated carbocycles. The van der Waals surface area contributed by atoms with Crippen LogP contribution in [0.4, 0.5) is 0 Å². The molecule has 1 aromatic rings. The maximum atomic E-state index is 11.2. The summed E-state index contributed by atoms with van der Waals surface area (Å²) in [5.74, 6) is -0.354. The Balaban J connectivity index is 1.95. The molecule has 1 aromatic heterocycles. The molecule has 2 heterocycles. The van der Waals surface area contributed by atoms with E-state index in [0.29, 0.717) is 12.2 Å². The minimum Gasteiger partial charge on any atom is -0.464 e. The fraction of sp³-hybridized carbons (Fsp3) is 0.545. The Morgan fingerprint density at radius 2 is 2.50 bits per heavy atom. The smallest absolute Gasteiger partial charge is 0.354 e. The molecule has 0 bridgehead atoms. The van der Waals surface area contributed by atoms with Crippen LogP contribution in [0.15, 0.2) is 12.1 Å². The van der Waals surface area contributed by atoms with Crippen molar-refractivity contribution in [2.45, 2.75) is 19.1 Å². The van der Waals surface area contributed by atoms with Crippen LogP contribution in [0.3, 0.4) is 0 Å². The molecule has 2 rings (SSSR count). The highest BCUT2D eigenvalue weighted by atomic mass is 16.5. The van der Waals surface area contributed by atoms with Gasteiger partial charge in [-0.25, -0.2) is 4.79 Å². The molecule has 2 N–H and O–H groups in total. The molecule has 0 radical (unpaired) electrons. The number of esters is 1. The van der Waals surface area contributed by atoms with Crippen molar-refractivity contribution < 1.29 is 14.6 Å². The van der Waals surface area contributed by atoms with E-state index in [1.54, 1.807) is 6.07 Å². The number of nitrogens with zero attached hydrogens (tertiary/aromatic N) is 1.